The fourth-order valence-corrected chi connectivity index (χ4v) is 15.7. The molecule has 5 aliphatic heterocycles. The van der Waals surface area contributed by atoms with Gasteiger partial charge in [-0.3, -0.25) is 14.6 Å². The molecule has 10 atom stereocenters. The molecule has 10 rings (SSSR count). The van der Waals surface area contributed by atoms with Crippen molar-refractivity contribution >= 4 is 17.8 Å². The molecule has 9 nitrogen and oxygen atoms in total. The Morgan fingerprint density at radius 2 is 1.67 bits per heavy atom. The van der Waals surface area contributed by atoms with Crippen molar-refractivity contribution in [3.63, 3.8) is 0 Å². The molecule has 0 radical (unpaired) electrons. The fraction of sp³-hybridized carbons (Fsp3) is 0.712. The van der Waals surface area contributed by atoms with E-state index in [1.165, 1.54) is 5.57 Å². The first-order chi connectivity index (χ1) is 28.6. The summed E-state index contributed by atoms with van der Waals surface area (Å²) in [4.78, 5) is 36.5. The van der Waals surface area contributed by atoms with Gasteiger partial charge in [0.1, 0.15) is 11.9 Å². The normalized spacial score (nSPS) is 41.1. The highest BCUT2D eigenvalue weighted by molar-refractivity contribution is 6.02. The molecular weight excluding hydrogens is 765 g/mol. The number of rotatable bonds is 6. The summed E-state index contributed by atoms with van der Waals surface area (Å²) in [6.45, 7) is 22.1. The van der Waals surface area contributed by atoms with Gasteiger partial charge in [0.2, 0.25) is 0 Å². The standard InChI is InChI=1S/C52H70N2O7/c1-29-20-30(23-33(21-29)52(59)16-18-60-19-17-52)22-32-27-54-28-34-39-40(48(6,24-36(56)45-47(4,5)61-45)13-10-31-26-53-41(32)42(31)54)35(55)25-51(39,9)50(8)15-11-37-46(2,3)38(57)12-14-49(37,7)44(50)43(34)58/h20-21,23,26,34,36-37,43-45,56,58-59H,10-19,22,24-25,27-28H2,1-9H3/t34-,36-,37+,43-,44+,45+,48+,49+,50+,51+/m1/s1. The zero-order valence-electron chi connectivity index (χ0n) is 38.2. The number of ether oxygens (including phenoxy) is 2. The highest BCUT2D eigenvalue weighted by Gasteiger charge is 2.73. The highest BCUT2D eigenvalue weighted by atomic mass is 16.6. The van der Waals surface area contributed by atoms with Crippen molar-refractivity contribution in [1.29, 1.82) is 0 Å². The van der Waals surface area contributed by atoms with Gasteiger partial charge in [0.25, 0.3) is 0 Å². The minimum atomic E-state index is -0.906. The molecule has 5 heterocycles. The summed E-state index contributed by atoms with van der Waals surface area (Å²) in [5.74, 6) is 0.209. The Hall–Kier alpha value is -2.95. The van der Waals surface area contributed by atoms with Gasteiger partial charge in [-0.05, 0) is 122 Å². The smallest absolute Gasteiger partial charge is 0.160 e. The number of carbonyl (C=O) groups excluding carboxylic acids is 2. The third-order valence-corrected chi connectivity index (χ3v) is 19.0. The number of ketones is 2. The molecule has 5 fully saturated rings. The van der Waals surface area contributed by atoms with Crippen LogP contribution in [0.5, 0.6) is 0 Å². The van der Waals surface area contributed by atoms with E-state index in [0.717, 1.165) is 64.1 Å². The molecule has 0 bridgehead atoms. The minimum Gasteiger partial charge on any atom is -0.392 e. The van der Waals surface area contributed by atoms with Gasteiger partial charge < -0.3 is 29.7 Å². The van der Waals surface area contributed by atoms with Gasteiger partial charge in [0.15, 0.2) is 5.78 Å². The fourth-order valence-electron chi connectivity index (χ4n) is 15.7. The summed E-state index contributed by atoms with van der Waals surface area (Å²) < 4.78 is 11.6. The predicted octanol–water partition coefficient (Wildman–Crippen LogP) is 7.87. The van der Waals surface area contributed by atoms with Crippen LogP contribution in [0.15, 0.2) is 56.9 Å². The molecule has 9 heteroatoms. The van der Waals surface area contributed by atoms with Crippen LogP contribution >= 0.6 is 0 Å². The number of hydrogen-bond donors (Lipinski definition) is 3. The van der Waals surface area contributed by atoms with Crippen LogP contribution in [0.25, 0.3) is 0 Å². The molecule has 2 saturated heterocycles. The Balaban J connectivity index is 1.09. The number of Topliss-reactive ketones (excluding diaryl/α,β-unsaturated/α-hetero) is 2. The number of aliphatic imine (C=N–C) groups is 1. The SMILES string of the molecule is Cc1cc(CC2=C3N=CC4=C3N(C2)C[C@@H]2C3=C(C(=O)C[C@]3(C)[C@@]3(C)CC[C@H]5C(C)(C)C(=O)CC[C@]5(C)[C@@H]3[C@@H]2O)[C@](C)(C[C@@H](O)[C@@H]2OC2(C)C)CC4)cc(C2(O)CCOCC2)c1. The van der Waals surface area contributed by atoms with Crippen LogP contribution in [0.2, 0.25) is 0 Å². The molecule has 1 aromatic rings. The first kappa shape index (κ1) is 42.0. The van der Waals surface area contributed by atoms with E-state index in [1.54, 1.807) is 0 Å². The summed E-state index contributed by atoms with van der Waals surface area (Å²) in [6.07, 6.45) is 7.36. The molecule has 0 amide bonds. The number of benzene rings is 1. The monoisotopic (exact) mass is 835 g/mol. The molecule has 0 aromatic heterocycles. The first-order valence-corrected chi connectivity index (χ1v) is 23.6. The summed E-state index contributed by atoms with van der Waals surface area (Å²) in [6, 6.07) is 6.53. The van der Waals surface area contributed by atoms with Crippen molar-refractivity contribution in [3.05, 3.63) is 68.6 Å². The van der Waals surface area contributed by atoms with E-state index < -0.39 is 39.7 Å². The van der Waals surface area contributed by atoms with Crippen LogP contribution in [0.3, 0.4) is 0 Å². The van der Waals surface area contributed by atoms with Crippen molar-refractivity contribution in [1.82, 2.24) is 4.90 Å². The molecule has 330 valence electrons. The van der Waals surface area contributed by atoms with Gasteiger partial charge in [-0.2, -0.15) is 0 Å². The maximum absolute atomic E-state index is 15.2. The summed E-state index contributed by atoms with van der Waals surface area (Å²) in [5.41, 5.74) is 6.15. The molecule has 3 N–H and O–H groups in total. The van der Waals surface area contributed by atoms with Crippen LogP contribution in [-0.2, 0) is 31.1 Å². The van der Waals surface area contributed by atoms with Crippen LogP contribution in [0, 0.1) is 51.8 Å². The molecule has 4 aliphatic carbocycles. The molecule has 0 spiro atoms. The Morgan fingerprint density at radius 3 is 2.38 bits per heavy atom. The van der Waals surface area contributed by atoms with E-state index in [1.807, 2.05) is 20.1 Å². The molecule has 0 unspecified atom stereocenters. The minimum absolute atomic E-state index is 0.109. The Kier molecular flexibility index (Phi) is 9.33. The molecule has 1 aromatic carbocycles. The van der Waals surface area contributed by atoms with Gasteiger partial charge in [-0.1, -0.05) is 65.3 Å². The molecular formula is C52H70N2O7. The molecule has 61 heavy (non-hydrogen) atoms. The zero-order chi connectivity index (χ0) is 43.4. The number of aliphatic hydroxyl groups excluding tert-OH is 2. The van der Waals surface area contributed by atoms with Crippen molar-refractivity contribution in [2.75, 3.05) is 26.3 Å². The lowest BCUT2D eigenvalue weighted by molar-refractivity contribution is -0.219. The van der Waals surface area contributed by atoms with Crippen molar-refractivity contribution < 1.29 is 34.4 Å². The molecule has 9 aliphatic rings. The number of fused-ring (bicyclic) bond motifs is 4. The third-order valence-electron chi connectivity index (χ3n) is 19.0. The quantitative estimate of drug-likeness (QED) is 0.247. The first-order valence-electron chi connectivity index (χ1n) is 23.6. The predicted molar refractivity (Wildman–Crippen MR) is 235 cm³/mol. The van der Waals surface area contributed by atoms with Crippen LogP contribution in [0.1, 0.15) is 136 Å². The maximum Gasteiger partial charge on any atom is 0.160 e. The Labute approximate surface area is 363 Å². The average molecular weight is 835 g/mol. The summed E-state index contributed by atoms with van der Waals surface area (Å²) >= 11 is 0. The van der Waals surface area contributed by atoms with Crippen LogP contribution in [-0.4, -0.2) is 88.2 Å². The second-order valence-corrected chi connectivity index (χ2v) is 23.4. The van der Waals surface area contributed by atoms with Crippen LogP contribution in [0.4, 0.5) is 0 Å². The second-order valence-electron chi connectivity index (χ2n) is 23.4. The lowest BCUT2D eigenvalue weighted by Crippen LogP contribution is -2.68. The lowest BCUT2D eigenvalue weighted by atomic mass is 9.34. The number of allylic oxidation sites excluding steroid dienone is 2. The maximum atomic E-state index is 15.2. The van der Waals surface area contributed by atoms with Gasteiger partial charge in [0, 0.05) is 80.5 Å². The number of epoxide rings is 1. The van der Waals surface area contributed by atoms with Gasteiger partial charge in [0.05, 0.1) is 34.8 Å². The zero-order valence-corrected chi connectivity index (χ0v) is 38.2. The number of carbonyl (C=O) groups is 2. The number of hydrogen-bond acceptors (Lipinski definition) is 9. The van der Waals surface area contributed by atoms with E-state index in [0.29, 0.717) is 83.5 Å². The summed E-state index contributed by atoms with van der Waals surface area (Å²) in [5, 5.41) is 37.2. The van der Waals surface area contributed by atoms with Gasteiger partial charge in [-0.25, -0.2) is 0 Å². The van der Waals surface area contributed by atoms with Crippen LogP contribution < -0.4 is 0 Å². The summed E-state index contributed by atoms with van der Waals surface area (Å²) in [7, 11) is 0. The van der Waals surface area contributed by atoms with Gasteiger partial charge >= 0.3 is 0 Å². The van der Waals surface area contributed by atoms with E-state index in [9.17, 15) is 20.1 Å². The Morgan fingerprint density at radius 1 is 0.951 bits per heavy atom. The van der Waals surface area contributed by atoms with E-state index >= 15 is 4.79 Å². The van der Waals surface area contributed by atoms with E-state index in [2.05, 4.69) is 71.6 Å². The number of nitrogens with zero attached hydrogens (tertiary/aromatic N) is 2. The lowest BCUT2D eigenvalue weighted by Gasteiger charge is -2.70. The Bertz CT molecular complexity index is 2230. The van der Waals surface area contributed by atoms with Crippen molar-refractivity contribution in [2.45, 2.75) is 162 Å². The molecule has 3 saturated carbocycles. The largest absolute Gasteiger partial charge is 0.392 e. The van der Waals surface area contributed by atoms with E-state index in [-0.39, 0.29) is 40.5 Å². The number of aryl methyl sites for hydroxylation is 1. The highest BCUT2D eigenvalue weighted by Crippen LogP contribution is 2.75. The second kappa shape index (κ2) is 13.5. The number of aliphatic hydroxyl groups is 3. The van der Waals surface area contributed by atoms with Gasteiger partial charge in [-0.15, -0.1) is 0 Å². The third kappa shape index (κ3) is 5.98. The van der Waals surface area contributed by atoms with Crippen molar-refractivity contribution in [2.24, 2.45) is 49.8 Å². The topological polar surface area (TPSA) is 132 Å². The average Bonchev–Trinajstić information content (AvgIpc) is 3.43. The van der Waals surface area contributed by atoms with E-state index in [4.69, 9.17) is 14.5 Å². The van der Waals surface area contributed by atoms with Crippen molar-refractivity contribution in [3.8, 4) is 0 Å².